The lowest BCUT2D eigenvalue weighted by Gasteiger charge is -2.10. The molecule has 0 aliphatic heterocycles. The summed E-state index contributed by atoms with van der Waals surface area (Å²) < 4.78 is 4.67. The lowest BCUT2D eigenvalue weighted by Crippen LogP contribution is -2.34. The molecule has 0 aromatic heterocycles. The van der Waals surface area contributed by atoms with Gasteiger partial charge in [-0.15, -0.1) is 0 Å². The van der Waals surface area contributed by atoms with Crippen molar-refractivity contribution < 1.29 is 19.1 Å². The Morgan fingerprint density at radius 3 is 2.48 bits per heavy atom. The minimum atomic E-state index is -0.542. The van der Waals surface area contributed by atoms with Crippen LogP contribution < -0.4 is 10.6 Å². The first-order valence-corrected chi connectivity index (χ1v) is 7.79. The van der Waals surface area contributed by atoms with Gasteiger partial charge in [0, 0.05) is 0 Å². The molecule has 0 spiro atoms. The lowest BCUT2D eigenvalue weighted by atomic mass is 10.1. The Balaban J connectivity index is 1.89. The Kier molecular flexibility index (Phi) is 6.28. The standard InChI is InChI=1S/C19H20N2O4/c1-13-6-5-7-14(10-13)11-17(22)20-12-18(23)21-16-9-4-3-8-15(16)19(24)25-2/h3-10H,11-12H2,1-2H3,(H,20,22)(H,21,23). The van der Waals surface area contributed by atoms with E-state index < -0.39 is 11.9 Å². The van der Waals surface area contributed by atoms with Crippen LogP contribution in [0.3, 0.4) is 0 Å². The first-order chi connectivity index (χ1) is 12.0. The van der Waals surface area contributed by atoms with Gasteiger partial charge in [-0.2, -0.15) is 0 Å². The van der Waals surface area contributed by atoms with Gasteiger partial charge in [-0.3, -0.25) is 9.59 Å². The lowest BCUT2D eigenvalue weighted by molar-refractivity contribution is -0.123. The molecule has 6 heteroatoms. The molecule has 2 aromatic rings. The van der Waals surface area contributed by atoms with E-state index >= 15 is 0 Å². The van der Waals surface area contributed by atoms with Crippen LogP contribution in [0.15, 0.2) is 48.5 Å². The number of benzene rings is 2. The van der Waals surface area contributed by atoms with Crippen LogP contribution in [0, 0.1) is 6.92 Å². The average Bonchev–Trinajstić information content (AvgIpc) is 2.60. The van der Waals surface area contributed by atoms with Gasteiger partial charge in [0.25, 0.3) is 0 Å². The van der Waals surface area contributed by atoms with Crippen molar-refractivity contribution >= 4 is 23.5 Å². The Labute approximate surface area is 146 Å². The van der Waals surface area contributed by atoms with Gasteiger partial charge in [-0.25, -0.2) is 4.79 Å². The Morgan fingerprint density at radius 2 is 1.76 bits per heavy atom. The number of anilines is 1. The number of esters is 1. The van der Waals surface area contributed by atoms with E-state index in [0.717, 1.165) is 11.1 Å². The minimum absolute atomic E-state index is 0.180. The number of hydrogen-bond donors (Lipinski definition) is 2. The molecule has 2 aromatic carbocycles. The Bertz CT molecular complexity index is 786. The minimum Gasteiger partial charge on any atom is -0.465 e. The highest BCUT2D eigenvalue weighted by Gasteiger charge is 2.13. The first kappa shape index (κ1) is 18.2. The van der Waals surface area contributed by atoms with Crippen LogP contribution in [0.2, 0.25) is 0 Å². The summed E-state index contributed by atoms with van der Waals surface area (Å²) in [5.74, 6) is -1.21. The largest absolute Gasteiger partial charge is 0.465 e. The molecule has 6 nitrogen and oxygen atoms in total. The molecule has 2 amide bonds. The molecule has 0 saturated carbocycles. The normalized spacial score (nSPS) is 10.0. The molecule has 130 valence electrons. The third kappa shape index (κ3) is 5.46. The van der Waals surface area contributed by atoms with Crippen molar-refractivity contribution in [2.45, 2.75) is 13.3 Å². The molecule has 0 atom stereocenters. The highest BCUT2D eigenvalue weighted by Crippen LogP contribution is 2.15. The third-order valence-corrected chi connectivity index (χ3v) is 3.50. The first-order valence-electron chi connectivity index (χ1n) is 7.79. The van der Waals surface area contributed by atoms with E-state index in [9.17, 15) is 14.4 Å². The fourth-order valence-electron chi connectivity index (χ4n) is 2.32. The van der Waals surface area contributed by atoms with E-state index in [2.05, 4.69) is 15.4 Å². The zero-order chi connectivity index (χ0) is 18.2. The number of hydrogen-bond acceptors (Lipinski definition) is 4. The van der Waals surface area contributed by atoms with Gasteiger partial charge in [0.15, 0.2) is 0 Å². The molecule has 2 rings (SSSR count). The molecule has 0 aliphatic rings. The fourth-order valence-corrected chi connectivity index (χ4v) is 2.32. The zero-order valence-corrected chi connectivity index (χ0v) is 14.2. The number of rotatable bonds is 6. The molecular weight excluding hydrogens is 320 g/mol. The summed E-state index contributed by atoms with van der Waals surface area (Å²) >= 11 is 0. The quantitative estimate of drug-likeness (QED) is 0.789. The summed E-state index contributed by atoms with van der Waals surface area (Å²) in [6, 6.07) is 14.1. The molecule has 0 heterocycles. The summed E-state index contributed by atoms with van der Waals surface area (Å²) in [5, 5.41) is 5.17. The van der Waals surface area contributed by atoms with Gasteiger partial charge in [-0.05, 0) is 24.6 Å². The smallest absolute Gasteiger partial charge is 0.339 e. The molecule has 0 fully saturated rings. The maximum atomic E-state index is 12.0. The van der Waals surface area contributed by atoms with E-state index in [0.29, 0.717) is 5.69 Å². The van der Waals surface area contributed by atoms with Gasteiger partial charge >= 0.3 is 5.97 Å². The van der Waals surface area contributed by atoms with Crippen LogP contribution in [0.4, 0.5) is 5.69 Å². The second-order valence-electron chi connectivity index (χ2n) is 5.53. The van der Waals surface area contributed by atoms with Crippen LogP contribution in [0.1, 0.15) is 21.5 Å². The van der Waals surface area contributed by atoms with Crippen LogP contribution in [0.25, 0.3) is 0 Å². The van der Waals surface area contributed by atoms with Crippen molar-refractivity contribution in [3.63, 3.8) is 0 Å². The molecule has 25 heavy (non-hydrogen) atoms. The van der Waals surface area contributed by atoms with E-state index in [1.165, 1.54) is 7.11 Å². The third-order valence-electron chi connectivity index (χ3n) is 3.50. The van der Waals surface area contributed by atoms with Gasteiger partial charge in [0.1, 0.15) is 0 Å². The topological polar surface area (TPSA) is 84.5 Å². The summed E-state index contributed by atoms with van der Waals surface area (Å²) in [4.78, 5) is 35.6. The van der Waals surface area contributed by atoms with Gasteiger partial charge in [-0.1, -0.05) is 42.0 Å². The van der Waals surface area contributed by atoms with Crippen LogP contribution in [-0.2, 0) is 20.7 Å². The van der Waals surface area contributed by atoms with E-state index in [-0.39, 0.29) is 24.4 Å². The van der Waals surface area contributed by atoms with Crippen molar-refractivity contribution in [2.75, 3.05) is 19.0 Å². The van der Waals surface area contributed by atoms with Crippen LogP contribution >= 0.6 is 0 Å². The molecule has 0 saturated heterocycles. The molecule has 0 unspecified atom stereocenters. The molecule has 0 aliphatic carbocycles. The van der Waals surface area contributed by atoms with Crippen LogP contribution in [-0.4, -0.2) is 31.4 Å². The second kappa shape index (κ2) is 8.63. The number of aryl methyl sites for hydroxylation is 1. The van der Waals surface area contributed by atoms with Crippen LogP contribution in [0.5, 0.6) is 0 Å². The van der Waals surface area contributed by atoms with Crippen molar-refractivity contribution in [1.29, 1.82) is 0 Å². The number of carbonyl (C=O) groups is 3. The number of methoxy groups -OCH3 is 1. The van der Waals surface area contributed by atoms with Crippen molar-refractivity contribution in [3.05, 3.63) is 65.2 Å². The number of carbonyl (C=O) groups excluding carboxylic acids is 3. The summed E-state index contributed by atoms with van der Waals surface area (Å²) in [6.45, 7) is 1.77. The van der Waals surface area contributed by atoms with Gasteiger partial charge < -0.3 is 15.4 Å². The summed E-state index contributed by atoms with van der Waals surface area (Å²) in [5.41, 5.74) is 2.55. The predicted octanol–water partition coefficient (Wildman–Crippen LogP) is 2.08. The van der Waals surface area contributed by atoms with E-state index in [1.807, 2.05) is 31.2 Å². The number of ether oxygens (including phenoxy) is 1. The molecule has 0 bridgehead atoms. The van der Waals surface area contributed by atoms with Gasteiger partial charge in [0.2, 0.25) is 11.8 Å². The van der Waals surface area contributed by atoms with Crippen molar-refractivity contribution in [3.8, 4) is 0 Å². The number of para-hydroxylation sites is 1. The number of amides is 2. The van der Waals surface area contributed by atoms with E-state index in [1.54, 1.807) is 24.3 Å². The SMILES string of the molecule is COC(=O)c1ccccc1NC(=O)CNC(=O)Cc1cccc(C)c1. The highest BCUT2D eigenvalue weighted by atomic mass is 16.5. The molecule has 0 radical (unpaired) electrons. The zero-order valence-electron chi connectivity index (χ0n) is 14.2. The second-order valence-corrected chi connectivity index (χ2v) is 5.53. The highest BCUT2D eigenvalue weighted by molar-refractivity contribution is 6.02. The predicted molar refractivity (Wildman–Crippen MR) is 94.3 cm³/mol. The van der Waals surface area contributed by atoms with E-state index in [4.69, 9.17) is 0 Å². The maximum Gasteiger partial charge on any atom is 0.339 e. The fraction of sp³-hybridized carbons (Fsp3) is 0.211. The summed E-state index contributed by atoms with van der Waals surface area (Å²) in [6.07, 6.45) is 0.202. The molecular formula is C19H20N2O4. The van der Waals surface area contributed by atoms with Crippen molar-refractivity contribution in [2.24, 2.45) is 0 Å². The maximum absolute atomic E-state index is 12.0. The van der Waals surface area contributed by atoms with Crippen molar-refractivity contribution in [1.82, 2.24) is 5.32 Å². The Morgan fingerprint density at radius 1 is 1.00 bits per heavy atom. The number of nitrogens with one attached hydrogen (secondary N) is 2. The monoisotopic (exact) mass is 340 g/mol. The molecule has 2 N–H and O–H groups in total. The summed E-state index contributed by atoms with van der Waals surface area (Å²) in [7, 11) is 1.27. The Hall–Kier alpha value is -3.15. The van der Waals surface area contributed by atoms with Gasteiger partial charge in [0.05, 0.1) is 31.3 Å². The average molecular weight is 340 g/mol.